The van der Waals surface area contributed by atoms with Gasteiger partial charge in [0.25, 0.3) is 0 Å². The van der Waals surface area contributed by atoms with Gasteiger partial charge in [-0.3, -0.25) is 14.7 Å². The number of aromatic nitrogens is 1. The fourth-order valence-electron chi connectivity index (χ4n) is 2.55. The highest BCUT2D eigenvalue weighted by molar-refractivity contribution is 5.78. The lowest BCUT2D eigenvalue weighted by Gasteiger charge is -2.35. The highest BCUT2D eigenvalue weighted by atomic mass is 16.2. The number of piperazine rings is 1. The highest BCUT2D eigenvalue weighted by Gasteiger charge is 2.24. The first-order valence-electron chi connectivity index (χ1n) is 7.26. The van der Waals surface area contributed by atoms with Crippen LogP contribution in [0.3, 0.4) is 0 Å². The van der Waals surface area contributed by atoms with Gasteiger partial charge in [0.05, 0.1) is 5.69 Å². The first-order valence-corrected chi connectivity index (χ1v) is 7.26. The molecule has 20 heavy (non-hydrogen) atoms. The quantitative estimate of drug-likeness (QED) is 0.855. The molecule has 1 unspecified atom stereocenters. The number of carbonyl (C=O) groups is 1. The molecule has 5 heteroatoms. The summed E-state index contributed by atoms with van der Waals surface area (Å²) < 4.78 is 0. The molecule has 0 bridgehead atoms. The summed E-state index contributed by atoms with van der Waals surface area (Å²) in [5, 5.41) is 3.06. The molecule has 1 N–H and O–H groups in total. The van der Waals surface area contributed by atoms with E-state index in [0.29, 0.717) is 0 Å². The number of amides is 1. The van der Waals surface area contributed by atoms with E-state index in [1.165, 1.54) is 0 Å². The molecular formula is C15H24N4O. The summed E-state index contributed by atoms with van der Waals surface area (Å²) in [5.74, 6) is 0.319. The molecule has 0 aromatic carbocycles. The lowest BCUT2D eigenvalue weighted by molar-refractivity contribution is -0.136. The molecule has 0 aliphatic carbocycles. The Hall–Kier alpha value is -1.46. The van der Waals surface area contributed by atoms with Gasteiger partial charge >= 0.3 is 0 Å². The van der Waals surface area contributed by atoms with Gasteiger partial charge in [0.15, 0.2) is 0 Å². The molecule has 1 aromatic heterocycles. The highest BCUT2D eigenvalue weighted by Crippen LogP contribution is 2.09. The SMILES string of the molecule is CNCC(C)C(=O)N1CCN(Cc2ccccn2)CC1. The summed E-state index contributed by atoms with van der Waals surface area (Å²) in [6, 6.07) is 6.00. The van der Waals surface area contributed by atoms with E-state index < -0.39 is 0 Å². The zero-order valence-electron chi connectivity index (χ0n) is 12.4. The van der Waals surface area contributed by atoms with Crippen LogP contribution in [0.1, 0.15) is 12.6 Å². The number of pyridine rings is 1. The van der Waals surface area contributed by atoms with Crippen LogP contribution in [0.15, 0.2) is 24.4 Å². The summed E-state index contributed by atoms with van der Waals surface area (Å²) in [6.45, 7) is 7.09. The third kappa shape index (κ3) is 4.02. The van der Waals surface area contributed by atoms with E-state index in [2.05, 4.69) is 15.2 Å². The molecule has 1 amide bonds. The van der Waals surface area contributed by atoms with Crippen LogP contribution in [0.4, 0.5) is 0 Å². The molecule has 2 rings (SSSR count). The van der Waals surface area contributed by atoms with Crippen LogP contribution in [0, 0.1) is 5.92 Å². The minimum atomic E-state index is 0.0577. The van der Waals surface area contributed by atoms with Gasteiger partial charge in [-0.2, -0.15) is 0 Å². The Morgan fingerprint density at radius 3 is 2.70 bits per heavy atom. The van der Waals surface area contributed by atoms with E-state index in [9.17, 15) is 4.79 Å². The van der Waals surface area contributed by atoms with Gasteiger partial charge in [0.2, 0.25) is 5.91 Å². The van der Waals surface area contributed by atoms with Crippen molar-refractivity contribution in [2.75, 3.05) is 39.8 Å². The molecular weight excluding hydrogens is 252 g/mol. The lowest BCUT2D eigenvalue weighted by Crippen LogP contribution is -2.50. The molecule has 0 radical (unpaired) electrons. The van der Waals surface area contributed by atoms with E-state index in [1.54, 1.807) is 0 Å². The first kappa shape index (κ1) is 14.9. The van der Waals surface area contributed by atoms with Gasteiger partial charge in [0.1, 0.15) is 0 Å². The van der Waals surface area contributed by atoms with Crippen LogP contribution >= 0.6 is 0 Å². The van der Waals surface area contributed by atoms with Crippen molar-refractivity contribution in [2.45, 2.75) is 13.5 Å². The molecule has 1 fully saturated rings. The largest absolute Gasteiger partial charge is 0.340 e. The Kier molecular flexibility index (Phi) is 5.49. The van der Waals surface area contributed by atoms with E-state index in [4.69, 9.17) is 0 Å². The number of hydrogen-bond acceptors (Lipinski definition) is 4. The summed E-state index contributed by atoms with van der Waals surface area (Å²) in [6.07, 6.45) is 1.83. The summed E-state index contributed by atoms with van der Waals surface area (Å²) in [5.41, 5.74) is 1.09. The predicted molar refractivity (Wildman–Crippen MR) is 79.2 cm³/mol. The summed E-state index contributed by atoms with van der Waals surface area (Å²) >= 11 is 0. The Balaban J connectivity index is 1.79. The Bertz CT molecular complexity index is 415. The molecule has 0 spiro atoms. The van der Waals surface area contributed by atoms with Crippen molar-refractivity contribution in [2.24, 2.45) is 5.92 Å². The van der Waals surface area contributed by atoms with E-state index in [0.717, 1.165) is 45.0 Å². The normalized spacial score (nSPS) is 18.0. The second kappa shape index (κ2) is 7.36. The maximum atomic E-state index is 12.2. The van der Waals surface area contributed by atoms with Crippen molar-refractivity contribution in [1.82, 2.24) is 20.1 Å². The van der Waals surface area contributed by atoms with Crippen LogP contribution in [-0.4, -0.2) is 60.5 Å². The van der Waals surface area contributed by atoms with Crippen molar-refractivity contribution in [3.63, 3.8) is 0 Å². The molecule has 2 heterocycles. The monoisotopic (exact) mass is 276 g/mol. The number of hydrogen-bond donors (Lipinski definition) is 1. The van der Waals surface area contributed by atoms with Gasteiger partial charge in [-0.25, -0.2) is 0 Å². The predicted octanol–water partition coefficient (Wildman–Crippen LogP) is 0.581. The van der Waals surface area contributed by atoms with Gasteiger partial charge < -0.3 is 10.2 Å². The maximum absolute atomic E-state index is 12.2. The second-order valence-electron chi connectivity index (χ2n) is 5.38. The molecule has 1 aliphatic heterocycles. The molecule has 110 valence electrons. The smallest absolute Gasteiger partial charge is 0.226 e. The molecule has 0 saturated carbocycles. The fraction of sp³-hybridized carbons (Fsp3) is 0.600. The van der Waals surface area contributed by atoms with E-state index in [1.807, 2.05) is 43.3 Å². The van der Waals surface area contributed by atoms with Gasteiger partial charge in [-0.05, 0) is 19.2 Å². The lowest BCUT2D eigenvalue weighted by atomic mass is 10.1. The standard InChI is InChI=1S/C15H24N4O/c1-13(11-16-2)15(20)19-9-7-18(8-10-19)12-14-5-3-4-6-17-14/h3-6,13,16H,7-12H2,1-2H3. The van der Waals surface area contributed by atoms with Gasteiger partial charge in [-0.1, -0.05) is 13.0 Å². The van der Waals surface area contributed by atoms with Crippen LogP contribution in [0.5, 0.6) is 0 Å². The van der Waals surface area contributed by atoms with Crippen LogP contribution < -0.4 is 5.32 Å². The topological polar surface area (TPSA) is 48.5 Å². The van der Waals surface area contributed by atoms with Crippen LogP contribution in [-0.2, 0) is 11.3 Å². The van der Waals surface area contributed by atoms with Crippen LogP contribution in [0.25, 0.3) is 0 Å². The number of nitrogens with zero attached hydrogens (tertiary/aromatic N) is 3. The Morgan fingerprint density at radius 1 is 1.35 bits per heavy atom. The summed E-state index contributed by atoms with van der Waals surface area (Å²) in [4.78, 5) is 20.9. The van der Waals surface area contributed by atoms with E-state index >= 15 is 0 Å². The minimum Gasteiger partial charge on any atom is -0.340 e. The number of carbonyl (C=O) groups excluding carboxylic acids is 1. The van der Waals surface area contributed by atoms with E-state index in [-0.39, 0.29) is 11.8 Å². The molecule has 1 aromatic rings. The Morgan fingerprint density at radius 2 is 2.10 bits per heavy atom. The third-order valence-corrected chi connectivity index (χ3v) is 3.73. The molecule has 1 aliphatic rings. The maximum Gasteiger partial charge on any atom is 0.226 e. The van der Waals surface area contributed by atoms with Crippen LogP contribution in [0.2, 0.25) is 0 Å². The van der Waals surface area contributed by atoms with Crippen molar-refractivity contribution in [3.05, 3.63) is 30.1 Å². The van der Waals surface area contributed by atoms with Gasteiger partial charge in [0, 0.05) is 51.4 Å². The molecule has 5 nitrogen and oxygen atoms in total. The molecule has 1 atom stereocenters. The molecule has 1 saturated heterocycles. The van der Waals surface area contributed by atoms with Crippen molar-refractivity contribution in [3.8, 4) is 0 Å². The third-order valence-electron chi connectivity index (χ3n) is 3.73. The van der Waals surface area contributed by atoms with Crippen molar-refractivity contribution in [1.29, 1.82) is 0 Å². The summed E-state index contributed by atoms with van der Waals surface area (Å²) in [7, 11) is 1.88. The number of nitrogens with one attached hydrogen (secondary N) is 1. The van der Waals surface area contributed by atoms with Crippen molar-refractivity contribution >= 4 is 5.91 Å². The number of rotatable bonds is 5. The minimum absolute atomic E-state index is 0.0577. The average molecular weight is 276 g/mol. The van der Waals surface area contributed by atoms with Crippen molar-refractivity contribution < 1.29 is 4.79 Å². The second-order valence-corrected chi connectivity index (χ2v) is 5.38. The van der Waals surface area contributed by atoms with Gasteiger partial charge in [-0.15, -0.1) is 0 Å². The zero-order valence-corrected chi connectivity index (χ0v) is 12.4. The fourth-order valence-corrected chi connectivity index (χ4v) is 2.55. The first-order chi connectivity index (χ1) is 9.70. The Labute approximate surface area is 121 Å². The average Bonchev–Trinajstić information content (AvgIpc) is 2.48. The zero-order chi connectivity index (χ0) is 14.4.